The molecule has 4 rings (SSSR count). The van der Waals surface area contributed by atoms with Crippen LogP contribution >= 0.6 is 0 Å². The van der Waals surface area contributed by atoms with E-state index >= 15 is 0 Å². The van der Waals surface area contributed by atoms with Gasteiger partial charge in [-0.3, -0.25) is 4.79 Å². The predicted molar refractivity (Wildman–Crippen MR) is 124 cm³/mol. The molecule has 184 valence electrons. The number of fused-ring (bicyclic) bond motifs is 5. The highest BCUT2D eigenvalue weighted by Crippen LogP contribution is 2.69. The van der Waals surface area contributed by atoms with Crippen LogP contribution in [0.2, 0.25) is 0 Å². The Kier molecular flexibility index (Phi) is 6.53. The van der Waals surface area contributed by atoms with Crippen LogP contribution in [0, 0.1) is 58.2 Å². The second-order valence-corrected chi connectivity index (χ2v) is 12.6. The third kappa shape index (κ3) is 3.48. The number of carboxylic acids is 1. The molecule has 0 radical (unpaired) electrons. The molecule has 5 heteroatoms. The number of hydrogen-bond donors (Lipinski definition) is 4. The molecule has 4 aliphatic rings. The van der Waals surface area contributed by atoms with E-state index < -0.39 is 12.1 Å². The Bertz CT molecular complexity index is 710. The molecule has 4 fully saturated rings. The first-order valence-corrected chi connectivity index (χ1v) is 13.2. The van der Waals surface area contributed by atoms with Crippen LogP contribution in [0.5, 0.6) is 0 Å². The molecule has 0 saturated heterocycles. The molecule has 0 bridgehead atoms. The van der Waals surface area contributed by atoms with Crippen molar-refractivity contribution in [1.82, 2.24) is 0 Å². The number of aliphatic hydroxyl groups excluding tert-OH is 3. The van der Waals surface area contributed by atoms with Crippen LogP contribution in [0.4, 0.5) is 0 Å². The van der Waals surface area contributed by atoms with E-state index in [9.17, 15) is 25.2 Å². The summed E-state index contributed by atoms with van der Waals surface area (Å²) in [6.45, 7) is 10.8. The lowest BCUT2D eigenvalue weighted by Gasteiger charge is -2.65. The van der Waals surface area contributed by atoms with E-state index in [2.05, 4.69) is 27.7 Å². The monoisotopic (exact) mass is 450 g/mol. The van der Waals surface area contributed by atoms with Crippen molar-refractivity contribution in [2.24, 2.45) is 58.2 Å². The summed E-state index contributed by atoms with van der Waals surface area (Å²) in [5.41, 5.74) is -0.205. The molecule has 0 aromatic heterocycles. The van der Waals surface area contributed by atoms with Crippen LogP contribution in [0.3, 0.4) is 0 Å². The summed E-state index contributed by atoms with van der Waals surface area (Å²) >= 11 is 0. The van der Waals surface area contributed by atoms with Crippen molar-refractivity contribution in [2.45, 2.75) is 104 Å². The maximum Gasteiger partial charge on any atom is 0.306 e. The average molecular weight is 451 g/mol. The Morgan fingerprint density at radius 2 is 1.69 bits per heavy atom. The van der Waals surface area contributed by atoms with E-state index in [0.29, 0.717) is 12.3 Å². The van der Waals surface area contributed by atoms with E-state index in [-0.39, 0.29) is 64.5 Å². The molecule has 32 heavy (non-hydrogen) atoms. The van der Waals surface area contributed by atoms with E-state index in [1.165, 1.54) is 0 Å². The van der Waals surface area contributed by atoms with Gasteiger partial charge in [-0.25, -0.2) is 0 Å². The second-order valence-electron chi connectivity index (χ2n) is 12.6. The zero-order valence-corrected chi connectivity index (χ0v) is 20.7. The van der Waals surface area contributed by atoms with Gasteiger partial charge in [-0.1, -0.05) is 41.0 Å². The van der Waals surface area contributed by atoms with Gasteiger partial charge in [-0.2, -0.15) is 0 Å². The molecule has 4 saturated carbocycles. The predicted octanol–water partition coefficient (Wildman–Crippen LogP) is 4.33. The van der Waals surface area contributed by atoms with Crippen LogP contribution < -0.4 is 0 Å². The van der Waals surface area contributed by atoms with Crippen molar-refractivity contribution >= 4 is 5.97 Å². The number of aliphatic carboxylic acids is 1. The Balaban J connectivity index is 1.66. The van der Waals surface area contributed by atoms with Crippen molar-refractivity contribution in [3.63, 3.8) is 0 Å². The van der Waals surface area contributed by atoms with Gasteiger partial charge >= 0.3 is 5.97 Å². The van der Waals surface area contributed by atoms with Gasteiger partial charge in [0.1, 0.15) is 0 Å². The number of carbonyl (C=O) groups is 1. The van der Waals surface area contributed by atoms with Gasteiger partial charge in [-0.05, 0) is 97.2 Å². The largest absolute Gasteiger partial charge is 0.481 e. The van der Waals surface area contributed by atoms with E-state index in [1.54, 1.807) is 6.92 Å². The van der Waals surface area contributed by atoms with Gasteiger partial charge in [0.25, 0.3) is 0 Å². The van der Waals surface area contributed by atoms with E-state index in [4.69, 9.17) is 0 Å². The fourth-order valence-corrected chi connectivity index (χ4v) is 9.71. The first-order chi connectivity index (χ1) is 15.0. The fraction of sp³-hybridized carbons (Fsp3) is 0.963. The van der Waals surface area contributed by atoms with Crippen LogP contribution in [0.15, 0.2) is 0 Å². The molecular formula is C27H46O5. The SMILES string of the molecule is CC[C@H]1[C@@H](O)[C@@H]2[C@H](C[C@H](O)[C@]3(C)[C@@H]([C@H](C)C[C@@H](C)C(=O)O)CC[C@@H]23)[C@@]2(C)CC[C@@H](O)C[C@@H]12. The number of carboxylic acid groups (broad SMARTS) is 1. The molecule has 0 amide bonds. The fourth-order valence-electron chi connectivity index (χ4n) is 9.71. The highest BCUT2D eigenvalue weighted by molar-refractivity contribution is 5.69. The Hall–Kier alpha value is -0.650. The van der Waals surface area contributed by atoms with Crippen molar-refractivity contribution in [3.05, 3.63) is 0 Å². The Morgan fingerprint density at radius 3 is 2.31 bits per heavy atom. The van der Waals surface area contributed by atoms with Crippen molar-refractivity contribution in [1.29, 1.82) is 0 Å². The summed E-state index contributed by atoms with van der Waals surface area (Å²) in [6, 6.07) is 0. The summed E-state index contributed by atoms with van der Waals surface area (Å²) in [5, 5.41) is 43.3. The summed E-state index contributed by atoms with van der Waals surface area (Å²) in [7, 11) is 0. The molecule has 0 aromatic rings. The number of rotatable bonds is 5. The summed E-state index contributed by atoms with van der Waals surface area (Å²) in [5.74, 6) is 0.687. The zero-order chi connectivity index (χ0) is 23.6. The number of hydrogen-bond acceptors (Lipinski definition) is 4. The number of aliphatic hydroxyl groups is 3. The third-order valence-electron chi connectivity index (χ3n) is 11.4. The molecular weight excluding hydrogens is 404 g/mol. The minimum Gasteiger partial charge on any atom is -0.481 e. The lowest BCUT2D eigenvalue weighted by molar-refractivity contribution is -0.228. The average Bonchev–Trinajstić information content (AvgIpc) is 3.09. The lowest BCUT2D eigenvalue weighted by atomic mass is 9.41. The smallest absolute Gasteiger partial charge is 0.306 e. The first-order valence-electron chi connectivity index (χ1n) is 13.2. The quantitative estimate of drug-likeness (QED) is 0.500. The van der Waals surface area contributed by atoms with Crippen molar-refractivity contribution in [3.8, 4) is 0 Å². The maximum atomic E-state index is 11.8. The van der Waals surface area contributed by atoms with Gasteiger partial charge < -0.3 is 20.4 Å². The highest BCUT2D eigenvalue weighted by atomic mass is 16.4. The van der Waals surface area contributed by atoms with Gasteiger partial charge in [0.05, 0.1) is 24.2 Å². The minimum atomic E-state index is -0.743. The van der Waals surface area contributed by atoms with Crippen LogP contribution in [-0.2, 0) is 4.79 Å². The van der Waals surface area contributed by atoms with Gasteiger partial charge in [-0.15, -0.1) is 0 Å². The third-order valence-corrected chi connectivity index (χ3v) is 11.4. The van der Waals surface area contributed by atoms with Crippen LogP contribution in [-0.4, -0.2) is 44.7 Å². The topological polar surface area (TPSA) is 98.0 Å². The molecule has 4 N–H and O–H groups in total. The molecule has 4 aliphatic carbocycles. The normalized spacial score (nSPS) is 52.4. The minimum absolute atomic E-state index is 0.0631. The van der Waals surface area contributed by atoms with E-state index in [1.807, 2.05) is 0 Å². The summed E-state index contributed by atoms with van der Waals surface area (Å²) < 4.78 is 0. The summed E-state index contributed by atoms with van der Waals surface area (Å²) in [6.07, 6.45) is 5.85. The maximum absolute atomic E-state index is 11.8. The summed E-state index contributed by atoms with van der Waals surface area (Å²) in [4.78, 5) is 11.5. The Morgan fingerprint density at radius 1 is 1.00 bits per heavy atom. The van der Waals surface area contributed by atoms with Gasteiger partial charge in [0.2, 0.25) is 0 Å². The second kappa shape index (κ2) is 8.53. The van der Waals surface area contributed by atoms with Gasteiger partial charge in [0.15, 0.2) is 0 Å². The van der Waals surface area contributed by atoms with Crippen molar-refractivity contribution < 1.29 is 25.2 Å². The molecule has 0 aliphatic heterocycles. The lowest BCUT2D eigenvalue weighted by Crippen LogP contribution is -2.65. The highest BCUT2D eigenvalue weighted by Gasteiger charge is 2.67. The molecule has 0 heterocycles. The molecule has 0 unspecified atom stereocenters. The van der Waals surface area contributed by atoms with E-state index in [0.717, 1.165) is 44.9 Å². The van der Waals surface area contributed by atoms with Crippen LogP contribution in [0.25, 0.3) is 0 Å². The zero-order valence-electron chi connectivity index (χ0n) is 20.7. The van der Waals surface area contributed by atoms with Crippen LogP contribution in [0.1, 0.15) is 86.0 Å². The molecule has 13 atom stereocenters. The Labute approximate surface area is 194 Å². The van der Waals surface area contributed by atoms with Crippen molar-refractivity contribution in [2.75, 3.05) is 0 Å². The first kappa shape index (κ1) is 24.5. The molecule has 0 spiro atoms. The standard InChI is InChI=1S/C27H46O5/c1-6-17-20-12-16(28)9-10-26(20,4)21-13-22(29)27(5)18(14(2)11-15(3)25(31)32)7-8-19(27)23(21)24(17)30/h14-24,28-30H,6-13H2,1-5H3,(H,31,32)/t14-,15-,16-,17-,18-,19+,20+,21+,22+,23+,24-,26+,27-/m1/s1. The molecule has 0 aromatic carbocycles. The molecule has 5 nitrogen and oxygen atoms in total. The van der Waals surface area contributed by atoms with Gasteiger partial charge in [0, 0.05) is 0 Å².